The number of halogens is 1. The van der Waals surface area contributed by atoms with Crippen LogP contribution < -0.4 is 4.90 Å². The first-order chi connectivity index (χ1) is 7.90. The van der Waals surface area contributed by atoms with E-state index in [0.29, 0.717) is 17.0 Å². The molecule has 0 saturated heterocycles. The second-order valence-electron chi connectivity index (χ2n) is 5.43. The molecule has 0 radical (unpaired) electrons. The lowest BCUT2D eigenvalue weighted by Gasteiger charge is -2.29. The van der Waals surface area contributed by atoms with E-state index in [9.17, 15) is 0 Å². The summed E-state index contributed by atoms with van der Waals surface area (Å²) < 4.78 is 0. The summed E-state index contributed by atoms with van der Waals surface area (Å²) in [5, 5.41) is 0.570. The highest BCUT2D eigenvalue weighted by Crippen LogP contribution is 2.22. The van der Waals surface area contributed by atoms with Crippen LogP contribution in [0.25, 0.3) is 0 Å². The predicted molar refractivity (Wildman–Crippen MR) is 75.9 cm³/mol. The van der Waals surface area contributed by atoms with Crippen LogP contribution >= 0.6 is 11.6 Å². The first kappa shape index (κ1) is 14.3. The number of rotatable bonds is 5. The number of anilines is 1. The summed E-state index contributed by atoms with van der Waals surface area (Å²) in [4.78, 5) is 6.74. The van der Waals surface area contributed by atoms with Crippen molar-refractivity contribution >= 4 is 17.3 Å². The van der Waals surface area contributed by atoms with Gasteiger partial charge >= 0.3 is 0 Å². The molecule has 0 saturated carbocycles. The third-order valence-electron chi connectivity index (χ3n) is 2.54. The van der Waals surface area contributed by atoms with Gasteiger partial charge in [-0.1, -0.05) is 39.3 Å². The number of pyridine rings is 1. The minimum Gasteiger partial charge on any atom is -0.370 e. The number of aromatic nitrogens is 1. The quantitative estimate of drug-likeness (QED) is 0.734. The molecular weight excluding hydrogens is 232 g/mol. The van der Waals surface area contributed by atoms with E-state index in [-0.39, 0.29) is 0 Å². The van der Waals surface area contributed by atoms with Crippen LogP contribution in [0.1, 0.15) is 33.4 Å². The van der Waals surface area contributed by atoms with Crippen molar-refractivity contribution in [2.75, 3.05) is 18.0 Å². The molecule has 0 aliphatic heterocycles. The Morgan fingerprint density at radius 1 is 1.12 bits per heavy atom. The summed E-state index contributed by atoms with van der Waals surface area (Å²) in [5.41, 5.74) is 2.22. The van der Waals surface area contributed by atoms with Crippen LogP contribution in [0.4, 0.5) is 5.69 Å². The Morgan fingerprint density at radius 3 is 2.06 bits per heavy atom. The van der Waals surface area contributed by atoms with E-state index in [1.807, 2.05) is 13.0 Å². The van der Waals surface area contributed by atoms with E-state index in [0.717, 1.165) is 18.8 Å². The van der Waals surface area contributed by atoms with E-state index >= 15 is 0 Å². The third kappa shape index (κ3) is 4.55. The number of hydrogen-bond donors (Lipinski definition) is 0. The van der Waals surface area contributed by atoms with Gasteiger partial charge < -0.3 is 4.90 Å². The molecule has 96 valence electrons. The van der Waals surface area contributed by atoms with Crippen molar-refractivity contribution in [2.45, 2.75) is 34.6 Å². The Balaban J connectivity index is 2.95. The monoisotopic (exact) mass is 254 g/mol. The molecule has 0 fully saturated rings. The molecule has 0 atom stereocenters. The number of nitrogens with zero attached hydrogens (tertiary/aromatic N) is 2. The molecular formula is C14H23ClN2. The van der Waals surface area contributed by atoms with Crippen molar-refractivity contribution in [3.8, 4) is 0 Å². The van der Waals surface area contributed by atoms with Gasteiger partial charge in [0.1, 0.15) is 5.15 Å². The highest BCUT2D eigenvalue weighted by molar-refractivity contribution is 6.29. The maximum Gasteiger partial charge on any atom is 0.129 e. The predicted octanol–water partition coefficient (Wildman–Crippen LogP) is 4.16. The lowest BCUT2D eigenvalue weighted by Crippen LogP contribution is -2.32. The van der Waals surface area contributed by atoms with Crippen LogP contribution in [0.3, 0.4) is 0 Å². The fourth-order valence-electron chi connectivity index (χ4n) is 2.01. The minimum atomic E-state index is 0.570. The van der Waals surface area contributed by atoms with Crippen molar-refractivity contribution in [1.82, 2.24) is 4.98 Å². The molecule has 1 heterocycles. The maximum atomic E-state index is 5.90. The Hall–Kier alpha value is -0.760. The zero-order valence-corrected chi connectivity index (χ0v) is 12.3. The Bertz CT molecular complexity index is 351. The van der Waals surface area contributed by atoms with Gasteiger partial charge in [0.2, 0.25) is 0 Å². The standard InChI is InChI=1S/C14H23ClN2/c1-10(2)8-17(9-11(3)4)13-6-7-14(15)16-12(13)5/h6-7,10-11H,8-9H2,1-5H3. The smallest absolute Gasteiger partial charge is 0.129 e. The summed E-state index contributed by atoms with van der Waals surface area (Å²) in [6.07, 6.45) is 0. The molecule has 0 N–H and O–H groups in total. The SMILES string of the molecule is Cc1nc(Cl)ccc1N(CC(C)C)CC(C)C. The van der Waals surface area contributed by atoms with Crippen molar-refractivity contribution in [3.05, 3.63) is 23.0 Å². The summed E-state index contributed by atoms with van der Waals surface area (Å²) in [7, 11) is 0. The Morgan fingerprint density at radius 2 is 1.65 bits per heavy atom. The van der Waals surface area contributed by atoms with Gasteiger partial charge in [-0.3, -0.25) is 0 Å². The van der Waals surface area contributed by atoms with Crippen molar-refractivity contribution < 1.29 is 0 Å². The summed E-state index contributed by atoms with van der Waals surface area (Å²) >= 11 is 5.90. The summed E-state index contributed by atoms with van der Waals surface area (Å²) in [6, 6.07) is 3.95. The number of aryl methyl sites for hydroxylation is 1. The second kappa shape index (κ2) is 6.25. The van der Waals surface area contributed by atoms with Gasteiger partial charge in [0, 0.05) is 13.1 Å². The molecule has 0 aromatic carbocycles. The lowest BCUT2D eigenvalue weighted by atomic mass is 10.1. The zero-order valence-electron chi connectivity index (χ0n) is 11.5. The van der Waals surface area contributed by atoms with Crippen LogP contribution in [0.5, 0.6) is 0 Å². The van der Waals surface area contributed by atoms with E-state index in [1.165, 1.54) is 5.69 Å². The van der Waals surface area contributed by atoms with E-state index in [2.05, 4.69) is 43.6 Å². The first-order valence-corrected chi connectivity index (χ1v) is 6.66. The molecule has 2 nitrogen and oxygen atoms in total. The van der Waals surface area contributed by atoms with Crippen LogP contribution in [0.15, 0.2) is 12.1 Å². The molecule has 1 aromatic heterocycles. The van der Waals surface area contributed by atoms with E-state index in [1.54, 1.807) is 0 Å². The Kier molecular flexibility index (Phi) is 5.26. The largest absolute Gasteiger partial charge is 0.370 e. The molecule has 1 rings (SSSR count). The first-order valence-electron chi connectivity index (χ1n) is 6.28. The fourth-order valence-corrected chi connectivity index (χ4v) is 2.20. The van der Waals surface area contributed by atoms with E-state index < -0.39 is 0 Å². The lowest BCUT2D eigenvalue weighted by molar-refractivity contribution is 0.551. The van der Waals surface area contributed by atoms with Crippen LogP contribution in [0.2, 0.25) is 5.15 Å². The van der Waals surface area contributed by atoms with Gasteiger partial charge in [-0.25, -0.2) is 4.98 Å². The van der Waals surface area contributed by atoms with Gasteiger partial charge in [0.15, 0.2) is 0 Å². The molecule has 0 unspecified atom stereocenters. The molecule has 0 aliphatic rings. The molecule has 1 aromatic rings. The highest BCUT2D eigenvalue weighted by atomic mass is 35.5. The topological polar surface area (TPSA) is 16.1 Å². The average Bonchev–Trinajstić information content (AvgIpc) is 2.14. The third-order valence-corrected chi connectivity index (χ3v) is 2.75. The minimum absolute atomic E-state index is 0.570. The highest BCUT2D eigenvalue weighted by Gasteiger charge is 2.13. The van der Waals surface area contributed by atoms with Crippen molar-refractivity contribution in [2.24, 2.45) is 11.8 Å². The Labute approximate surface area is 110 Å². The van der Waals surface area contributed by atoms with Crippen molar-refractivity contribution in [3.63, 3.8) is 0 Å². The van der Waals surface area contributed by atoms with Gasteiger partial charge in [-0.15, -0.1) is 0 Å². The summed E-state index contributed by atoms with van der Waals surface area (Å²) in [5.74, 6) is 1.28. The molecule has 0 amide bonds. The van der Waals surface area contributed by atoms with Gasteiger partial charge in [-0.05, 0) is 30.9 Å². The van der Waals surface area contributed by atoms with Crippen LogP contribution in [0, 0.1) is 18.8 Å². The molecule has 0 bridgehead atoms. The number of hydrogen-bond acceptors (Lipinski definition) is 2. The fraction of sp³-hybridized carbons (Fsp3) is 0.643. The molecule has 17 heavy (non-hydrogen) atoms. The van der Waals surface area contributed by atoms with Crippen LogP contribution in [-0.4, -0.2) is 18.1 Å². The maximum absolute atomic E-state index is 5.90. The van der Waals surface area contributed by atoms with Gasteiger partial charge in [0.25, 0.3) is 0 Å². The molecule has 0 aliphatic carbocycles. The normalized spacial score (nSPS) is 11.3. The zero-order chi connectivity index (χ0) is 13.0. The average molecular weight is 255 g/mol. The summed E-state index contributed by atoms with van der Waals surface area (Å²) in [6.45, 7) is 13.1. The molecule has 0 spiro atoms. The van der Waals surface area contributed by atoms with Crippen molar-refractivity contribution in [1.29, 1.82) is 0 Å². The van der Waals surface area contributed by atoms with Gasteiger partial charge in [-0.2, -0.15) is 0 Å². The second-order valence-corrected chi connectivity index (χ2v) is 5.82. The van der Waals surface area contributed by atoms with E-state index in [4.69, 9.17) is 11.6 Å². The molecule has 3 heteroatoms. The van der Waals surface area contributed by atoms with Crippen LogP contribution in [-0.2, 0) is 0 Å². The van der Waals surface area contributed by atoms with Gasteiger partial charge in [0.05, 0.1) is 11.4 Å².